The van der Waals surface area contributed by atoms with Gasteiger partial charge < -0.3 is 15.3 Å². The van der Waals surface area contributed by atoms with Crippen molar-refractivity contribution in [3.05, 3.63) is 29.8 Å². The largest absolute Gasteiger partial charge is 0.481 e. The molecule has 10 heteroatoms. The topological polar surface area (TPSA) is 89.9 Å². The molecule has 2 atom stereocenters. The molecule has 2 aliphatic rings. The molecule has 2 N–H and O–H groups in total. The van der Waals surface area contributed by atoms with Crippen LogP contribution in [-0.4, -0.2) is 60.3 Å². The molecule has 7 nitrogen and oxygen atoms in total. The second-order valence-corrected chi connectivity index (χ2v) is 6.59. The Hall–Kier alpha value is -2.78. The SMILES string of the molecule is O=C(O)[C@@H]1CN(C(=O)c2cccc(N3CCCNC3=O)c2)C[C@H]1C(F)(F)F. The quantitative estimate of drug-likeness (QED) is 0.832. The predicted molar refractivity (Wildman–Crippen MR) is 88.4 cm³/mol. The van der Waals surface area contributed by atoms with Gasteiger partial charge in [-0.05, 0) is 24.6 Å². The Morgan fingerprint density at radius 1 is 1.22 bits per heavy atom. The molecule has 0 radical (unpaired) electrons. The highest BCUT2D eigenvalue weighted by Gasteiger charge is 2.53. The van der Waals surface area contributed by atoms with E-state index in [1.807, 2.05) is 0 Å². The van der Waals surface area contributed by atoms with Crippen LogP contribution in [0.1, 0.15) is 16.8 Å². The monoisotopic (exact) mass is 385 g/mol. The summed E-state index contributed by atoms with van der Waals surface area (Å²) in [6.07, 6.45) is -3.98. The molecule has 1 aromatic rings. The molecule has 2 saturated heterocycles. The third-order valence-electron chi connectivity index (χ3n) is 4.83. The highest BCUT2D eigenvalue weighted by atomic mass is 19.4. The standard InChI is InChI=1S/C17H18F3N3O4/c18-17(19,20)13-9-22(8-12(13)15(25)26)14(24)10-3-1-4-11(7-10)23-6-2-5-21-16(23)27/h1,3-4,7,12-13H,2,5-6,8-9H2,(H,21,27)(H,25,26)/t12-,13-/m1/s1. The van der Waals surface area contributed by atoms with Gasteiger partial charge in [0.1, 0.15) is 0 Å². The molecule has 0 aromatic heterocycles. The summed E-state index contributed by atoms with van der Waals surface area (Å²) in [6.45, 7) is -0.192. The minimum Gasteiger partial charge on any atom is -0.481 e. The number of urea groups is 1. The number of aliphatic carboxylic acids is 1. The van der Waals surface area contributed by atoms with E-state index in [2.05, 4.69) is 5.32 Å². The number of nitrogens with one attached hydrogen (secondary N) is 1. The Balaban J connectivity index is 1.81. The zero-order valence-corrected chi connectivity index (χ0v) is 14.2. The van der Waals surface area contributed by atoms with Crippen molar-refractivity contribution in [1.82, 2.24) is 10.2 Å². The van der Waals surface area contributed by atoms with Crippen LogP contribution in [0.25, 0.3) is 0 Å². The molecule has 0 saturated carbocycles. The molecule has 0 bridgehead atoms. The highest BCUT2D eigenvalue weighted by Crippen LogP contribution is 2.38. The predicted octanol–water partition coefficient (Wildman–Crippen LogP) is 1.94. The maximum Gasteiger partial charge on any atom is 0.394 e. The van der Waals surface area contributed by atoms with Crippen LogP contribution in [0.15, 0.2) is 24.3 Å². The summed E-state index contributed by atoms with van der Waals surface area (Å²) in [7, 11) is 0. The van der Waals surface area contributed by atoms with Crippen molar-refractivity contribution in [2.75, 3.05) is 31.1 Å². The molecule has 2 aliphatic heterocycles. The molecule has 3 amide bonds. The van der Waals surface area contributed by atoms with Gasteiger partial charge in [-0.1, -0.05) is 6.07 Å². The number of rotatable bonds is 3. The van der Waals surface area contributed by atoms with E-state index < -0.39 is 43.0 Å². The van der Waals surface area contributed by atoms with Gasteiger partial charge in [-0.15, -0.1) is 0 Å². The van der Waals surface area contributed by atoms with Gasteiger partial charge in [-0.3, -0.25) is 14.5 Å². The summed E-state index contributed by atoms with van der Waals surface area (Å²) in [5.41, 5.74) is 0.567. The summed E-state index contributed by atoms with van der Waals surface area (Å²) in [4.78, 5) is 38.1. The summed E-state index contributed by atoms with van der Waals surface area (Å²) in [5.74, 6) is -6.06. The number of carbonyl (C=O) groups excluding carboxylic acids is 2. The first-order chi connectivity index (χ1) is 12.7. The smallest absolute Gasteiger partial charge is 0.394 e. The Morgan fingerprint density at radius 3 is 2.56 bits per heavy atom. The van der Waals surface area contributed by atoms with Crippen LogP contribution in [0.3, 0.4) is 0 Å². The Labute approximate surface area is 152 Å². The van der Waals surface area contributed by atoms with Crippen LogP contribution in [0.4, 0.5) is 23.7 Å². The van der Waals surface area contributed by atoms with Crippen LogP contribution in [0.2, 0.25) is 0 Å². The summed E-state index contributed by atoms with van der Waals surface area (Å²) < 4.78 is 39.3. The summed E-state index contributed by atoms with van der Waals surface area (Å²) in [6, 6.07) is 5.73. The third-order valence-corrected chi connectivity index (χ3v) is 4.83. The number of alkyl halides is 3. The molecule has 2 fully saturated rings. The van der Waals surface area contributed by atoms with E-state index in [0.717, 1.165) is 11.3 Å². The first-order valence-electron chi connectivity index (χ1n) is 8.42. The highest BCUT2D eigenvalue weighted by molar-refractivity contribution is 5.98. The molecule has 27 heavy (non-hydrogen) atoms. The van der Waals surface area contributed by atoms with Crippen molar-refractivity contribution >= 4 is 23.6 Å². The van der Waals surface area contributed by atoms with E-state index in [1.54, 1.807) is 6.07 Å². The van der Waals surface area contributed by atoms with Gasteiger partial charge in [0.25, 0.3) is 5.91 Å². The maximum absolute atomic E-state index is 13.1. The van der Waals surface area contributed by atoms with Crippen molar-refractivity contribution in [1.29, 1.82) is 0 Å². The molecule has 1 aromatic carbocycles. The van der Waals surface area contributed by atoms with Crippen LogP contribution in [0.5, 0.6) is 0 Å². The number of halogens is 3. The number of hydrogen-bond donors (Lipinski definition) is 2. The molecule has 2 heterocycles. The second kappa shape index (κ2) is 7.09. The average Bonchev–Trinajstić information content (AvgIpc) is 3.08. The van der Waals surface area contributed by atoms with Crippen molar-refractivity contribution < 1.29 is 32.7 Å². The fourth-order valence-electron chi connectivity index (χ4n) is 3.42. The number of carboxylic acids is 1. The fraction of sp³-hybridized carbons (Fsp3) is 0.471. The number of carbonyl (C=O) groups is 3. The van der Waals surface area contributed by atoms with Crippen LogP contribution >= 0.6 is 0 Å². The number of hydrogen-bond acceptors (Lipinski definition) is 3. The van der Waals surface area contributed by atoms with E-state index in [4.69, 9.17) is 5.11 Å². The lowest BCUT2D eigenvalue weighted by Crippen LogP contribution is -2.46. The first kappa shape index (κ1) is 19.0. The molecule has 146 valence electrons. The van der Waals surface area contributed by atoms with Crippen LogP contribution in [0, 0.1) is 11.8 Å². The van der Waals surface area contributed by atoms with Gasteiger partial charge in [0.2, 0.25) is 0 Å². The minimum absolute atomic E-state index is 0.109. The Kier molecular flexibility index (Phi) is 4.99. The minimum atomic E-state index is -4.70. The lowest BCUT2D eigenvalue weighted by molar-refractivity contribution is -0.187. The lowest BCUT2D eigenvalue weighted by Gasteiger charge is -2.28. The maximum atomic E-state index is 13.1. The molecular formula is C17H18F3N3O4. The zero-order valence-electron chi connectivity index (χ0n) is 14.2. The van der Waals surface area contributed by atoms with E-state index >= 15 is 0 Å². The summed E-state index contributed by atoms with van der Waals surface area (Å²) >= 11 is 0. The summed E-state index contributed by atoms with van der Waals surface area (Å²) in [5, 5.41) is 11.7. The van der Waals surface area contributed by atoms with Gasteiger partial charge in [-0.25, -0.2) is 4.79 Å². The number of nitrogens with zero attached hydrogens (tertiary/aromatic N) is 2. The van der Waals surface area contributed by atoms with Crippen molar-refractivity contribution in [3.63, 3.8) is 0 Å². The molecule has 0 aliphatic carbocycles. The first-order valence-corrected chi connectivity index (χ1v) is 8.42. The van der Waals surface area contributed by atoms with Gasteiger partial charge in [-0.2, -0.15) is 13.2 Å². The number of anilines is 1. The lowest BCUT2D eigenvalue weighted by atomic mass is 9.96. The molecule has 0 unspecified atom stereocenters. The Bertz CT molecular complexity index is 768. The van der Waals surface area contributed by atoms with Gasteiger partial charge >= 0.3 is 18.2 Å². The van der Waals surface area contributed by atoms with Crippen molar-refractivity contribution in [2.24, 2.45) is 11.8 Å². The normalized spacial score (nSPS) is 23.3. The third kappa shape index (κ3) is 3.83. The van der Waals surface area contributed by atoms with E-state index in [1.165, 1.54) is 23.1 Å². The average molecular weight is 385 g/mol. The van der Waals surface area contributed by atoms with E-state index in [0.29, 0.717) is 18.8 Å². The van der Waals surface area contributed by atoms with E-state index in [-0.39, 0.29) is 11.6 Å². The van der Waals surface area contributed by atoms with E-state index in [9.17, 15) is 27.6 Å². The molecular weight excluding hydrogens is 367 g/mol. The van der Waals surface area contributed by atoms with Crippen molar-refractivity contribution in [2.45, 2.75) is 12.6 Å². The van der Waals surface area contributed by atoms with Gasteiger partial charge in [0.15, 0.2) is 0 Å². The Morgan fingerprint density at radius 2 is 1.96 bits per heavy atom. The second-order valence-electron chi connectivity index (χ2n) is 6.59. The number of amides is 3. The van der Waals surface area contributed by atoms with Gasteiger partial charge in [0, 0.05) is 37.4 Å². The van der Waals surface area contributed by atoms with Crippen molar-refractivity contribution in [3.8, 4) is 0 Å². The molecule has 0 spiro atoms. The van der Waals surface area contributed by atoms with Gasteiger partial charge in [0.05, 0.1) is 11.8 Å². The van der Waals surface area contributed by atoms with Crippen LogP contribution in [-0.2, 0) is 4.79 Å². The number of carboxylic acid groups (broad SMARTS) is 1. The number of likely N-dealkylation sites (tertiary alicyclic amines) is 1. The molecule has 3 rings (SSSR count). The fourth-order valence-corrected chi connectivity index (χ4v) is 3.42. The van der Waals surface area contributed by atoms with Crippen LogP contribution < -0.4 is 10.2 Å². The number of benzene rings is 1. The zero-order chi connectivity index (χ0) is 19.8.